The highest BCUT2D eigenvalue weighted by atomic mass is 35.5. The minimum absolute atomic E-state index is 0.0649. The zero-order valence-electron chi connectivity index (χ0n) is 10.7. The second-order valence-electron chi connectivity index (χ2n) is 4.39. The van der Waals surface area contributed by atoms with Crippen molar-refractivity contribution in [1.82, 2.24) is 0 Å². The Morgan fingerprint density at radius 3 is 2.37 bits per heavy atom. The summed E-state index contributed by atoms with van der Waals surface area (Å²) in [5.41, 5.74) is 2.94. The SMILES string of the molecule is Cc1cccc(C)c1C(=O)Nc1ccc(O)cc1Cl. The Bertz CT molecular complexity index is 618. The normalized spacial score (nSPS) is 10.3. The van der Waals surface area contributed by atoms with Crippen LogP contribution in [0.4, 0.5) is 5.69 Å². The Morgan fingerprint density at radius 1 is 1.16 bits per heavy atom. The third-order valence-corrected chi connectivity index (χ3v) is 3.22. The summed E-state index contributed by atoms with van der Waals surface area (Å²) >= 11 is 5.97. The van der Waals surface area contributed by atoms with Crippen molar-refractivity contribution in [3.63, 3.8) is 0 Å². The van der Waals surface area contributed by atoms with E-state index >= 15 is 0 Å². The lowest BCUT2D eigenvalue weighted by molar-refractivity contribution is 0.102. The molecule has 0 aliphatic heterocycles. The van der Waals surface area contributed by atoms with Crippen LogP contribution in [0.2, 0.25) is 5.02 Å². The van der Waals surface area contributed by atoms with Gasteiger partial charge in [-0.05, 0) is 37.1 Å². The summed E-state index contributed by atoms with van der Waals surface area (Å²) in [6, 6.07) is 10.1. The molecular weight excluding hydrogens is 262 g/mol. The summed E-state index contributed by atoms with van der Waals surface area (Å²) in [7, 11) is 0. The first-order chi connectivity index (χ1) is 8.99. The van der Waals surface area contributed by atoms with Crippen LogP contribution in [0, 0.1) is 13.8 Å². The standard InChI is InChI=1S/C15H14ClNO2/c1-9-4-3-5-10(2)14(9)15(19)17-13-7-6-11(18)8-12(13)16/h3-8,18H,1-2H3,(H,17,19). The minimum atomic E-state index is -0.205. The van der Waals surface area contributed by atoms with Gasteiger partial charge >= 0.3 is 0 Å². The number of rotatable bonds is 2. The fraction of sp³-hybridized carbons (Fsp3) is 0.133. The van der Waals surface area contributed by atoms with Crippen molar-refractivity contribution in [2.24, 2.45) is 0 Å². The number of phenols is 1. The second kappa shape index (κ2) is 5.33. The maximum atomic E-state index is 12.3. The number of benzene rings is 2. The van der Waals surface area contributed by atoms with Crippen LogP contribution in [0.15, 0.2) is 36.4 Å². The van der Waals surface area contributed by atoms with E-state index in [2.05, 4.69) is 5.32 Å². The van der Waals surface area contributed by atoms with Crippen molar-refractivity contribution in [3.8, 4) is 5.75 Å². The van der Waals surface area contributed by atoms with E-state index in [-0.39, 0.29) is 11.7 Å². The van der Waals surface area contributed by atoms with Gasteiger partial charge in [-0.25, -0.2) is 0 Å². The van der Waals surface area contributed by atoms with Gasteiger partial charge in [0, 0.05) is 11.6 Å². The molecule has 0 atom stereocenters. The first-order valence-electron chi connectivity index (χ1n) is 5.85. The average Bonchev–Trinajstić information content (AvgIpc) is 2.32. The van der Waals surface area contributed by atoms with Crippen LogP contribution < -0.4 is 5.32 Å². The van der Waals surface area contributed by atoms with E-state index in [1.165, 1.54) is 12.1 Å². The number of aromatic hydroxyl groups is 1. The Labute approximate surface area is 116 Å². The van der Waals surface area contributed by atoms with Crippen LogP contribution in [0.5, 0.6) is 5.75 Å². The molecule has 2 aromatic rings. The van der Waals surface area contributed by atoms with Crippen LogP contribution in [0.1, 0.15) is 21.5 Å². The van der Waals surface area contributed by atoms with Crippen molar-refractivity contribution >= 4 is 23.2 Å². The minimum Gasteiger partial charge on any atom is -0.508 e. The number of halogens is 1. The average molecular weight is 276 g/mol. The number of hydrogen-bond acceptors (Lipinski definition) is 2. The zero-order chi connectivity index (χ0) is 14.0. The summed E-state index contributed by atoms with van der Waals surface area (Å²) in [6.45, 7) is 3.78. The van der Waals surface area contributed by atoms with Crippen molar-refractivity contribution in [1.29, 1.82) is 0 Å². The fourth-order valence-electron chi connectivity index (χ4n) is 1.96. The van der Waals surface area contributed by atoms with E-state index in [0.717, 1.165) is 11.1 Å². The van der Waals surface area contributed by atoms with E-state index in [9.17, 15) is 9.90 Å². The molecule has 0 saturated carbocycles. The molecule has 0 radical (unpaired) electrons. The van der Waals surface area contributed by atoms with Gasteiger partial charge in [-0.2, -0.15) is 0 Å². The fourth-order valence-corrected chi connectivity index (χ4v) is 2.18. The molecule has 19 heavy (non-hydrogen) atoms. The van der Waals surface area contributed by atoms with E-state index in [1.807, 2.05) is 32.0 Å². The number of aryl methyl sites for hydroxylation is 2. The van der Waals surface area contributed by atoms with Gasteiger partial charge in [-0.3, -0.25) is 4.79 Å². The number of amides is 1. The number of nitrogens with one attached hydrogen (secondary N) is 1. The zero-order valence-corrected chi connectivity index (χ0v) is 11.5. The number of carbonyl (C=O) groups excluding carboxylic acids is 1. The third kappa shape index (κ3) is 2.88. The van der Waals surface area contributed by atoms with Gasteiger partial charge < -0.3 is 10.4 Å². The lowest BCUT2D eigenvalue weighted by Gasteiger charge is -2.11. The molecule has 0 unspecified atom stereocenters. The highest BCUT2D eigenvalue weighted by Gasteiger charge is 2.13. The summed E-state index contributed by atoms with van der Waals surface area (Å²) in [5.74, 6) is -0.140. The lowest BCUT2D eigenvalue weighted by atomic mass is 10.0. The van der Waals surface area contributed by atoms with Gasteiger partial charge in [0.1, 0.15) is 5.75 Å². The van der Waals surface area contributed by atoms with Gasteiger partial charge in [-0.1, -0.05) is 29.8 Å². The monoisotopic (exact) mass is 275 g/mol. The van der Waals surface area contributed by atoms with E-state index < -0.39 is 0 Å². The molecule has 2 N–H and O–H groups in total. The van der Waals surface area contributed by atoms with Crippen LogP contribution in [-0.2, 0) is 0 Å². The smallest absolute Gasteiger partial charge is 0.256 e. The molecule has 0 heterocycles. The highest BCUT2D eigenvalue weighted by Crippen LogP contribution is 2.27. The van der Waals surface area contributed by atoms with Gasteiger partial charge in [0.2, 0.25) is 0 Å². The lowest BCUT2D eigenvalue weighted by Crippen LogP contribution is -2.15. The molecule has 0 spiro atoms. The van der Waals surface area contributed by atoms with Gasteiger partial charge in [0.25, 0.3) is 5.91 Å². The topological polar surface area (TPSA) is 49.3 Å². The third-order valence-electron chi connectivity index (χ3n) is 2.91. The van der Waals surface area contributed by atoms with Crippen LogP contribution in [0.25, 0.3) is 0 Å². The van der Waals surface area contributed by atoms with Gasteiger partial charge in [0.15, 0.2) is 0 Å². The van der Waals surface area contributed by atoms with Crippen LogP contribution in [-0.4, -0.2) is 11.0 Å². The second-order valence-corrected chi connectivity index (χ2v) is 4.79. The quantitative estimate of drug-likeness (QED) is 0.816. The van der Waals surface area contributed by atoms with Gasteiger partial charge in [0.05, 0.1) is 10.7 Å². The molecule has 98 valence electrons. The molecule has 3 nitrogen and oxygen atoms in total. The van der Waals surface area contributed by atoms with E-state index in [0.29, 0.717) is 16.3 Å². The van der Waals surface area contributed by atoms with E-state index in [4.69, 9.17) is 11.6 Å². The van der Waals surface area contributed by atoms with Crippen LogP contribution >= 0.6 is 11.6 Å². The molecule has 0 bridgehead atoms. The Kier molecular flexibility index (Phi) is 3.76. The molecule has 0 saturated heterocycles. The van der Waals surface area contributed by atoms with Crippen molar-refractivity contribution in [2.45, 2.75) is 13.8 Å². The van der Waals surface area contributed by atoms with Crippen molar-refractivity contribution in [2.75, 3.05) is 5.32 Å². The molecule has 1 amide bonds. The maximum Gasteiger partial charge on any atom is 0.256 e. The Balaban J connectivity index is 2.31. The summed E-state index contributed by atoms with van der Waals surface area (Å²) < 4.78 is 0. The number of hydrogen-bond donors (Lipinski definition) is 2. The predicted octanol–water partition coefficient (Wildman–Crippen LogP) is 3.91. The summed E-state index contributed by atoms with van der Waals surface area (Å²) in [6.07, 6.45) is 0. The summed E-state index contributed by atoms with van der Waals surface area (Å²) in [4.78, 5) is 12.3. The Hall–Kier alpha value is -2.00. The molecule has 0 aliphatic rings. The molecule has 2 rings (SSSR count). The summed E-state index contributed by atoms with van der Waals surface area (Å²) in [5, 5.41) is 12.3. The molecule has 0 aromatic heterocycles. The van der Waals surface area contributed by atoms with Crippen LogP contribution in [0.3, 0.4) is 0 Å². The molecule has 0 aliphatic carbocycles. The van der Waals surface area contributed by atoms with E-state index in [1.54, 1.807) is 6.07 Å². The first-order valence-corrected chi connectivity index (χ1v) is 6.23. The number of carbonyl (C=O) groups is 1. The largest absolute Gasteiger partial charge is 0.508 e. The Morgan fingerprint density at radius 2 is 1.79 bits per heavy atom. The molecule has 2 aromatic carbocycles. The molecule has 4 heteroatoms. The maximum absolute atomic E-state index is 12.3. The predicted molar refractivity (Wildman–Crippen MR) is 77.0 cm³/mol. The molecular formula is C15H14ClNO2. The highest BCUT2D eigenvalue weighted by molar-refractivity contribution is 6.34. The first kappa shape index (κ1) is 13.4. The molecule has 0 fully saturated rings. The van der Waals surface area contributed by atoms with Crippen molar-refractivity contribution in [3.05, 3.63) is 58.1 Å². The van der Waals surface area contributed by atoms with Crippen molar-refractivity contribution < 1.29 is 9.90 Å². The number of anilines is 1. The number of phenolic OH excluding ortho intramolecular Hbond substituents is 1. The van der Waals surface area contributed by atoms with Gasteiger partial charge in [-0.15, -0.1) is 0 Å².